The van der Waals surface area contributed by atoms with Crippen LogP contribution in [-0.2, 0) is 6.42 Å². The minimum atomic E-state index is -0.291. The summed E-state index contributed by atoms with van der Waals surface area (Å²) in [5.41, 5.74) is 6.55. The predicted molar refractivity (Wildman–Crippen MR) is 71.8 cm³/mol. The first-order valence-electron chi connectivity index (χ1n) is 5.80. The van der Waals surface area contributed by atoms with Crippen molar-refractivity contribution in [2.45, 2.75) is 26.2 Å². The normalized spacial score (nSPS) is 12.5. The molecule has 2 N–H and O–H groups in total. The molecule has 1 unspecified atom stereocenters. The molecule has 0 bridgehead atoms. The topological polar surface area (TPSA) is 35.2 Å². The van der Waals surface area contributed by atoms with Gasteiger partial charge in [0.2, 0.25) is 0 Å². The minimum absolute atomic E-state index is 0.291. The van der Waals surface area contributed by atoms with Crippen LogP contribution in [0.15, 0.2) is 16.6 Å². The van der Waals surface area contributed by atoms with Crippen LogP contribution in [0, 0.1) is 11.7 Å². The molecule has 0 fully saturated rings. The summed E-state index contributed by atoms with van der Waals surface area (Å²) in [6.45, 7) is 2.89. The van der Waals surface area contributed by atoms with Crippen LogP contribution in [0.4, 0.5) is 4.39 Å². The van der Waals surface area contributed by atoms with Crippen LogP contribution in [0.2, 0.25) is 0 Å². The molecule has 1 rings (SSSR count). The van der Waals surface area contributed by atoms with Gasteiger partial charge in [0.15, 0.2) is 0 Å². The molecule has 96 valence electrons. The third-order valence-corrected chi connectivity index (χ3v) is 3.50. The van der Waals surface area contributed by atoms with E-state index in [-0.39, 0.29) is 5.82 Å². The van der Waals surface area contributed by atoms with E-state index in [1.807, 2.05) is 0 Å². The summed E-state index contributed by atoms with van der Waals surface area (Å²) >= 11 is 3.20. The number of halogens is 2. The Labute approximate surface area is 110 Å². The van der Waals surface area contributed by atoms with Crippen LogP contribution in [0.3, 0.4) is 0 Å². The number of ether oxygens (including phenoxy) is 1. The largest absolute Gasteiger partial charge is 0.496 e. The van der Waals surface area contributed by atoms with Crippen molar-refractivity contribution in [2.75, 3.05) is 13.7 Å². The Bertz CT molecular complexity index is 371. The van der Waals surface area contributed by atoms with Crippen molar-refractivity contribution >= 4 is 15.9 Å². The molecule has 0 aromatic heterocycles. The Balaban J connectivity index is 2.72. The quantitative estimate of drug-likeness (QED) is 0.873. The maximum Gasteiger partial charge on any atom is 0.141 e. The highest BCUT2D eigenvalue weighted by Crippen LogP contribution is 2.28. The van der Waals surface area contributed by atoms with Gasteiger partial charge in [0.25, 0.3) is 0 Å². The molecule has 0 saturated heterocycles. The summed E-state index contributed by atoms with van der Waals surface area (Å²) in [5.74, 6) is 0.903. The molecule has 0 radical (unpaired) electrons. The molecular formula is C13H19BrFNO. The molecule has 0 spiro atoms. The molecule has 0 aliphatic carbocycles. The van der Waals surface area contributed by atoms with E-state index in [1.54, 1.807) is 13.2 Å². The van der Waals surface area contributed by atoms with Crippen LogP contribution in [0.5, 0.6) is 5.75 Å². The zero-order valence-electron chi connectivity index (χ0n) is 10.3. The van der Waals surface area contributed by atoms with Crippen molar-refractivity contribution in [2.24, 2.45) is 11.7 Å². The van der Waals surface area contributed by atoms with Gasteiger partial charge in [0.1, 0.15) is 11.6 Å². The molecule has 0 heterocycles. The molecule has 0 aliphatic rings. The van der Waals surface area contributed by atoms with Crippen molar-refractivity contribution in [3.63, 3.8) is 0 Å². The maximum absolute atomic E-state index is 13.3. The highest BCUT2D eigenvalue weighted by molar-refractivity contribution is 9.10. The molecule has 4 heteroatoms. The lowest BCUT2D eigenvalue weighted by molar-refractivity contribution is 0.402. The Kier molecular flexibility index (Phi) is 5.92. The fraction of sp³-hybridized carbons (Fsp3) is 0.538. The predicted octanol–water partition coefficient (Wildman–Crippen LogP) is 3.51. The smallest absolute Gasteiger partial charge is 0.141 e. The zero-order chi connectivity index (χ0) is 12.8. The molecule has 1 aromatic rings. The second-order valence-corrected chi connectivity index (χ2v) is 5.15. The van der Waals surface area contributed by atoms with E-state index >= 15 is 0 Å². The third-order valence-electron chi connectivity index (χ3n) is 2.89. The van der Waals surface area contributed by atoms with Gasteiger partial charge in [-0.2, -0.15) is 0 Å². The summed E-state index contributed by atoms with van der Waals surface area (Å²) in [4.78, 5) is 0. The summed E-state index contributed by atoms with van der Waals surface area (Å²) in [5, 5.41) is 0. The monoisotopic (exact) mass is 303 g/mol. The second kappa shape index (κ2) is 6.97. The van der Waals surface area contributed by atoms with E-state index < -0.39 is 0 Å². The van der Waals surface area contributed by atoms with Gasteiger partial charge in [-0.3, -0.25) is 0 Å². The van der Waals surface area contributed by atoms with Gasteiger partial charge < -0.3 is 10.5 Å². The van der Waals surface area contributed by atoms with Crippen molar-refractivity contribution in [3.05, 3.63) is 28.0 Å². The van der Waals surface area contributed by atoms with E-state index in [9.17, 15) is 4.39 Å². The summed E-state index contributed by atoms with van der Waals surface area (Å²) in [7, 11) is 1.56. The number of hydrogen-bond donors (Lipinski definition) is 1. The summed E-state index contributed by atoms with van der Waals surface area (Å²) < 4.78 is 19.0. The number of nitrogens with two attached hydrogens (primary N) is 1. The minimum Gasteiger partial charge on any atom is -0.496 e. The van der Waals surface area contributed by atoms with E-state index in [1.165, 1.54) is 6.07 Å². The Morgan fingerprint density at radius 2 is 2.12 bits per heavy atom. The van der Waals surface area contributed by atoms with Crippen molar-refractivity contribution in [3.8, 4) is 5.75 Å². The summed E-state index contributed by atoms with van der Waals surface area (Å²) in [6, 6.07) is 3.22. The van der Waals surface area contributed by atoms with Crippen LogP contribution < -0.4 is 10.5 Å². The highest BCUT2D eigenvalue weighted by Gasteiger charge is 2.10. The van der Waals surface area contributed by atoms with Crippen LogP contribution >= 0.6 is 15.9 Å². The average Bonchev–Trinajstić information content (AvgIpc) is 2.30. The lowest BCUT2D eigenvalue weighted by atomic mass is 9.98. The molecular weight excluding hydrogens is 285 g/mol. The summed E-state index contributed by atoms with van der Waals surface area (Å²) in [6.07, 6.45) is 2.93. The Morgan fingerprint density at radius 1 is 1.41 bits per heavy atom. The molecule has 0 amide bonds. The van der Waals surface area contributed by atoms with Crippen LogP contribution in [0.25, 0.3) is 0 Å². The first-order chi connectivity index (χ1) is 8.08. The first-order valence-corrected chi connectivity index (χ1v) is 6.59. The molecule has 1 atom stereocenters. The standard InChI is InChI=1S/C13H19BrFNO/c1-9(5-6-16)3-4-10-7-11(14)12(15)8-13(10)17-2/h7-9H,3-6,16H2,1-2H3. The van der Waals surface area contributed by atoms with Gasteiger partial charge in [-0.1, -0.05) is 6.92 Å². The lowest BCUT2D eigenvalue weighted by Crippen LogP contribution is -2.07. The third kappa shape index (κ3) is 4.28. The second-order valence-electron chi connectivity index (χ2n) is 4.30. The molecule has 0 aliphatic heterocycles. The maximum atomic E-state index is 13.3. The number of aryl methyl sites for hydroxylation is 1. The van der Waals surface area contributed by atoms with Gasteiger partial charge in [-0.05, 0) is 59.3 Å². The van der Waals surface area contributed by atoms with Gasteiger partial charge in [-0.15, -0.1) is 0 Å². The molecule has 17 heavy (non-hydrogen) atoms. The fourth-order valence-corrected chi connectivity index (χ4v) is 2.18. The SMILES string of the molecule is COc1cc(F)c(Br)cc1CCC(C)CCN. The van der Waals surface area contributed by atoms with Crippen molar-refractivity contribution in [1.82, 2.24) is 0 Å². The van der Waals surface area contributed by atoms with Crippen LogP contribution in [0.1, 0.15) is 25.3 Å². The van der Waals surface area contributed by atoms with Gasteiger partial charge in [0.05, 0.1) is 11.6 Å². The number of methoxy groups -OCH3 is 1. The molecule has 1 aromatic carbocycles. The van der Waals surface area contributed by atoms with E-state index in [4.69, 9.17) is 10.5 Å². The Hall–Kier alpha value is -0.610. The fourth-order valence-electron chi connectivity index (χ4n) is 1.79. The van der Waals surface area contributed by atoms with Crippen molar-refractivity contribution in [1.29, 1.82) is 0 Å². The van der Waals surface area contributed by atoms with Gasteiger partial charge in [-0.25, -0.2) is 4.39 Å². The van der Waals surface area contributed by atoms with E-state index in [2.05, 4.69) is 22.9 Å². The van der Waals surface area contributed by atoms with E-state index in [0.717, 1.165) is 24.8 Å². The number of hydrogen-bond acceptors (Lipinski definition) is 2. The van der Waals surface area contributed by atoms with Crippen molar-refractivity contribution < 1.29 is 9.13 Å². The number of benzene rings is 1. The van der Waals surface area contributed by atoms with Gasteiger partial charge >= 0.3 is 0 Å². The molecule has 0 saturated carbocycles. The van der Waals surface area contributed by atoms with Gasteiger partial charge in [0, 0.05) is 6.07 Å². The zero-order valence-corrected chi connectivity index (χ0v) is 11.9. The average molecular weight is 304 g/mol. The lowest BCUT2D eigenvalue weighted by Gasteiger charge is -2.13. The van der Waals surface area contributed by atoms with E-state index in [0.29, 0.717) is 22.7 Å². The first kappa shape index (κ1) is 14.5. The number of rotatable bonds is 6. The highest BCUT2D eigenvalue weighted by atomic mass is 79.9. The van der Waals surface area contributed by atoms with Crippen LogP contribution in [-0.4, -0.2) is 13.7 Å². The molecule has 2 nitrogen and oxygen atoms in total. The Morgan fingerprint density at radius 3 is 2.71 bits per heavy atom.